The lowest BCUT2D eigenvalue weighted by Gasteiger charge is -2.19. The normalized spacial score (nSPS) is 11.2. The highest BCUT2D eigenvalue weighted by Gasteiger charge is 2.13. The average molecular weight is 366 g/mol. The molecule has 2 heterocycles. The van der Waals surface area contributed by atoms with E-state index < -0.39 is 0 Å². The summed E-state index contributed by atoms with van der Waals surface area (Å²) in [5, 5.41) is 9.87. The van der Waals surface area contributed by atoms with Crippen LogP contribution in [0.1, 0.15) is 31.9 Å². The number of anilines is 1. The summed E-state index contributed by atoms with van der Waals surface area (Å²) in [7, 11) is 0. The van der Waals surface area contributed by atoms with Crippen molar-refractivity contribution in [3.8, 4) is 11.1 Å². The van der Waals surface area contributed by atoms with Gasteiger partial charge in [0.2, 0.25) is 0 Å². The Morgan fingerprint density at radius 2 is 1.85 bits per heavy atom. The van der Waals surface area contributed by atoms with Crippen LogP contribution in [0.4, 0.5) is 10.5 Å². The van der Waals surface area contributed by atoms with E-state index in [9.17, 15) is 4.79 Å². The fraction of sp³-hybridized carbons (Fsp3) is 0.238. The Kier molecular flexibility index (Phi) is 5.38. The molecule has 2 N–H and O–H groups in total. The molecule has 0 saturated carbocycles. The van der Waals surface area contributed by atoms with Gasteiger partial charge in [-0.2, -0.15) is 11.3 Å². The van der Waals surface area contributed by atoms with Gasteiger partial charge in [-0.05, 0) is 57.1 Å². The molecule has 0 saturated heterocycles. The second kappa shape index (κ2) is 7.70. The fourth-order valence-electron chi connectivity index (χ4n) is 2.58. The van der Waals surface area contributed by atoms with Crippen molar-refractivity contribution in [1.82, 2.24) is 10.3 Å². The van der Waals surface area contributed by atoms with Crippen LogP contribution < -0.4 is 10.6 Å². The summed E-state index contributed by atoms with van der Waals surface area (Å²) < 4.78 is 0. The van der Waals surface area contributed by atoms with Crippen molar-refractivity contribution < 1.29 is 4.79 Å². The van der Waals surface area contributed by atoms with Crippen LogP contribution in [0.3, 0.4) is 0 Å². The summed E-state index contributed by atoms with van der Waals surface area (Å²) in [5.74, 6) is 0. The number of carbonyl (C=O) groups is 1. The zero-order valence-electron chi connectivity index (χ0n) is 15.2. The van der Waals surface area contributed by atoms with Gasteiger partial charge in [-0.1, -0.05) is 32.9 Å². The largest absolute Gasteiger partial charge is 0.334 e. The highest BCUT2D eigenvalue weighted by atomic mass is 32.1. The monoisotopic (exact) mass is 365 g/mol. The lowest BCUT2D eigenvalue weighted by Crippen LogP contribution is -2.28. The van der Waals surface area contributed by atoms with E-state index in [1.54, 1.807) is 17.5 Å². The Morgan fingerprint density at radius 3 is 2.50 bits per heavy atom. The first kappa shape index (κ1) is 18.1. The van der Waals surface area contributed by atoms with Crippen LogP contribution in [-0.2, 0) is 12.0 Å². The van der Waals surface area contributed by atoms with Gasteiger partial charge in [-0.25, -0.2) is 4.79 Å². The number of hydrogen-bond acceptors (Lipinski definition) is 3. The number of hydrogen-bond donors (Lipinski definition) is 2. The summed E-state index contributed by atoms with van der Waals surface area (Å²) in [6, 6.07) is 11.8. The van der Waals surface area contributed by atoms with Crippen molar-refractivity contribution in [3.63, 3.8) is 0 Å². The first-order chi connectivity index (χ1) is 12.4. The van der Waals surface area contributed by atoms with E-state index in [1.807, 2.05) is 41.9 Å². The van der Waals surface area contributed by atoms with Crippen LogP contribution in [0.15, 0.2) is 59.6 Å². The van der Waals surface area contributed by atoms with E-state index in [0.29, 0.717) is 6.54 Å². The first-order valence-electron chi connectivity index (χ1n) is 8.54. The Labute approximate surface area is 158 Å². The van der Waals surface area contributed by atoms with E-state index in [4.69, 9.17) is 0 Å². The number of amides is 2. The Balaban J connectivity index is 1.57. The average Bonchev–Trinajstić information content (AvgIpc) is 3.15. The van der Waals surface area contributed by atoms with Gasteiger partial charge in [0, 0.05) is 30.2 Å². The molecule has 2 aromatic heterocycles. The summed E-state index contributed by atoms with van der Waals surface area (Å²) in [6.45, 7) is 6.93. The molecule has 3 aromatic rings. The molecule has 0 radical (unpaired) electrons. The molecule has 5 heteroatoms. The molecule has 0 unspecified atom stereocenters. The maximum absolute atomic E-state index is 12.1. The lowest BCUT2D eigenvalue weighted by atomic mass is 9.87. The maximum Gasteiger partial charge on any atom is 0.319 e. The van der Waals surface area contributed by atoms with Gasteiger partial charge in [0.25, 0.3) is 0 Å². The molecule has 0 bridgehead atoms. The molecule has 3 rings (SSSR count). The molecule has 4 nitrogen and oxygen atoms in total. The molecule has 0 fully saturated rings. The molecule has 0 aliphatic heterocycles. The van der Waals surface area contributed by atoms with E-state index in [1.165, 1.54) is 5.56 Å². The van der Waals surface area contributed by atoms with Crippen LogP contribution in [-0.4, -0.2) is 11.0 Å². The molecule has 26 heavy (non-hydrogen) atoms. The number of benzene rings is 1. The number of urea groups is 1. The molecular weight excluding hydrogens is 342 g/mol. The number of nitrogens with one attached hydrogen (secondary N) is 2. The minimum Gasteiger partial charge on any atom is -0.334 e. The Bertz CT molecular complexity index is 865. The molecule has 1 aromatic carbocycles. The summed E-state index contributed by atoms with van der Waals surface area (Å²) in [4.78, 5) is 16.4. The predicted molar refractivity (Wildman–Crippen MR) is 109 cm³/mol. The van der Waals surface area contributed by atoms with Crippen molar-refractivity contribution in [2.45, 2.75) is 32.7 Å². The molecule has 0 aliphatic carbocycles. The van der Waals surface area contributed by atoms with Gasteiger partial charge in [-0.3, -0.25) is 4.98 Å². The highest BCUT2D eigenvalue weighted by molar-refractivity contribution is 7.08. The van der Waals surface area contributed by atoms with E-state index >= 15 is 0 Å². The van der Waals surface area contributed by atoms with Crippen molar-refractivity contribution in [3.05, 3.63) is 70.7 Å². The summed E-state index contributed by atoms with van der Waals surface area (Å²) >= 11 is 1.65. The minimum atomic E-state index is -0.227. The summed E-state index contributed by atoms with van der Waals surface area (Å²) in [5.41, 5.74) is 5.28. The van der Waals surface area contributed by atoms with Gasteiger partial charge in [0.15, 0.2) is 0 Å². The first-order valence-corrected chi connectivity index (χ1v) is 9.48. The van der Waals surface area contributed by atoms with Crippen molar-refractivity contribution in [1.29, 1.82) is 0 Å². The number of carbonyl (C=O) groups excluding carboxylic acids is 1. The Hall–Kier alpha value is -2.66. The van der Waals surface area contributed by atoms with E-state index in [-0.39, 0.29) is 11.4 Å². The third-order valence-electron chi connectivity index (χ3n) is 4.11. The summed E-state index contributed by atoms with van der Waals surface area (Å²) in [6.07, 6.45) is 3.61. The third-order valence-corrected chi connectivity index (χ3v) is 4.79. The standard InChI is InChI=1S/C21H23N3OS/c1-21(2,3)18-4-6-19(7-5-18)24-20(25)23-12-15-10-17(13-22-11-15)16-8-9-26-14-16/h4-11,13-14H,12H2,1-3H3,(H2,23,24,25). The second-order valence-corrected chi connectivity index (χ2v) is 8.01. The topological polar surface area (TPSA) is 54.0 Å². The smallest absolute Gasteiger partial charge is 0.319 e. The van der Waals surface area contributed by atoms with Crippen molar-refractivity contribution in [2.24, 2.45) is 0 Å². The van der Waals surface area contributed by atoms with Crippen molar-refractivity contribution in [2.75, 3.05) is 5.32 Å². The van der Waals surface area contributed by atoms with Crippen LogP contribution in [0.25, 0.3) is 11.1 Å². The molecule has 0 aliphatic rings. The second-order valence-electron chi connectivity index (χ2n) is 7.23. The zero-order chi connectivity index (χ0) is 18.6. The number of nitrogens with zero attached hydrogens (tertiary/aromatic N) is 1. The number of rotatable bonds is 4. The van der Waals surface area contributed by atoms with Crippen LogP contribution >= 0.6 is 11.3 Å². The zero-order valence-corrected chi connectivity index (χ0v) is 16.1. The van der Waals surface area contributed by atoms with Crippen molar-refractivity contribution >= 4 is 23.1 Å². The molecule has 134 valence electrons. The van der Waals surface area contributed by atoms with Gasteiger partial charge >= 0.3 is 6.03 Å². The van der Waals surface area contributed by atoms with Gasteiger partial charge in [-0.15, -0.1) is 0 Å². The number of aromatic nitrogens is 1. The number of thiophene rings is 1. The van der Waals surface area contributed by atoms with Gasteiger partial charge in [0.1, 0.15) is 0 Å². The van der Waals surface area contributed by atoms with Gasteiger partial charge < -0.3 is 10.6 Å². The molecule has 2 amide bonds. The van der Waals surface area contributed by atoms with Crippen LogP contribution in [0.5, 0.6) is 0 Å². The Morgan fingerprint density at radius 1 is 1.08 bits per heavy atom. The third kappa shape index (κ3) is 4.70. The SMILES string of the molecule is CC(C)(C)c1ccc(NC(=O)NCc2cncc(-c3ccsc3)c2)cc1. The minimum absolute atomic E-state index is 0.0985. The quantitative estimate of drug-likeness (QED) is 0.648. The highest BCUT2D eigenvalue weighted by Crippen LogP contribution is 2.24. The van der Waals surface area contributed by atoms with Crippen LogP contribution in [0, 0.1) is 0 Å². The van der Waals surface area contributed by atoms with Gasteiger partial charge in [0.05, 0.1) is 0 Å². The predicted octanol–water partition coefficient (Wildman–Crippen LogP) is 5.43. The fourth-order valence-corrected chi connectivity index (χ4v) is 3.25. The molecule has 0 spiro atoms. The van der Waals surface area contributed by atoms with E-state index in [2.05, 4.69) is 47.8 Å². The maximum atomic E-state index is 12.1. The van der Waals surface area contributed by atoms with E-state index in [0.717, 1.165) is 22.4 Å². The van der Waals surface area contributed by atoms with Crippen LogP contribution in [0.2, 0.25) is 0 Å². The number of pyridine rings is 1. The molecular formula is C21H23N3OS. The molecule has 0 atom stereocenters. The lowest BCUT2D eigenvalue weighted by molar-refractivity contribution is 0.251.